The first-order valence-electron chi connectivity index (χ1n) is 7.85. The van der Waals surface area contributed by atoms with Crippen LogP contribution in [0, 0.1) is 0 Å². The van der Waals surface area contributed by atoms with E-state index in [1.807, 2.05) is 0 Å². The molecule has 4 heteroatoms. The summed E-state index contributed by atoms with van der Waals surface area (Å²) in [7, 11) is 3.97. The minimum Gasteiger partial charge on any atom is -0.496 e. The van der Waals surface area contributed by atoms with Crippen LogP contribution in [0.4, 0.5) is 0 Å². The zero-order chi connectivity index (χ0) is 15.5. The predicted molar refractivity (Wildman–Crippen MR) is 92.0 cm³/mol. The lowest BCUT2D eigenvalue weighted by Gasteiger charge is -2.47. The summed E-state index contributed by atoms with van der Waals surface area (Å²) >= 11 is 3.55. The van der Waals surface area contributed by atoms with E-state index in [4.69, 9.17) is 4.74 Å². The third kappa shape index (κ3) is 3.27. The number of nitrogens with zero attached hydrogens (tertiary/aromatic N) is 2. The van der Waals surface area contributed by atoms with Gasteiger partial charge in [0, 0.05) is 41.8 Å². The Bertz CT molecular complexity index is 466. The van der Waals surface area contributed by atoms with Crippen molar-refractivity contribution in [1.82, 2.24) is 9.80 Å². The van der Waals surface area contributed by atoms with Gasteiger partial charge in [0.2, 0.25) is 0 Å². The molecule has 0 N–H and O–H groups in total. The highest BCUT2D eigenvalue weighted by atomic mass is 79.9. The molecule has 0 bridgehead atoms. The van der Waals surface area contributed by atoms with Gasteiger partial charge in [-0.25, -0.2) is 0 Å². The summed E-state index contributed by atoms with van der Waals surface area (Å²) in [6.45, 7) is 9.11. The van der Waals surface area contributed by atoms with Gasteiger partial charge in [0.15, 0.2) is 0 Å². The largest absolute Gasteiger partial charge is 0.496 e. The van der Waals surface area contributed by atoms with E-state index in [2.05, 4.69) is 64.8 Å². The predicted octanol–water partition coefficient (Wildman–Crippen LogP) is 3.72. The number of methoxy groups -OCH3 is 1. The Morgan fingerprint density at radius 3 is 2.29 bits per heavy atom. The van der Waals surface area contributed by atoms with E-state index in [0.29, 0.717) is 0 Å². The minimum absolute atomic E-state index is 0.0767. The average molecular weight is 355 g/mol. The lowest BCUT2D eigenvalue weighted by atomic mass is 9.81. The van der Waals surface area contributed by atoms with Crippen LogP contribution >= 0.6 is 15.9 Å². The van der Waals surface area contributed by atoms with E-state index in [0.717, 1.165) is 49.2 Å². The van der Waals surface area contributed by atoms with Gasteiger partial charge >= 0.3 is 0 Å². The van der Waals surface area contributed by atoms with Crippen molar-refractivity contribution in [3.05, 3.63) is 28.2 Å². The average Bonchev–Trinajstić information content (AvgIpc) is 2.51. The van der Waals surface area contributed by atoms with E-state index >= 15 is 0 Å². The smallest absolute Gasteiger partial charge is 0.125 e. The highest BCUT2D eigenvalue weighted by Crippen LogP contribution is 2.41. The molecule has 0 aliphatic carbocycles. The summed E-state index contributed by atoms with van der Waals surface area (Å²) in [6, 6.07) is 6.45. The quantitative estimate of drug-likeness (QED) is 0.801. The highest BCUT2D eigenvalue weighted by molar-refractivity contribution is 9.10. The second-order valence-electron chi connectivity index (χ2n) is 5.87. The fourth-order valence-electron chi connectivity index (χ4n) is 3.53. The molecule has 1 aliphatic heterocycles. The Hall–Kier alpha value is -0.580. The number of benzene rings is 1. The topological polar surface area (TPSA) is 15.7 Å². The molecule has 0 atom stereocenters. The molecule has 0 aromatic heterocycles. The molecule has 1 aromatic rings. The van der Waals surface area contributed by atoms with Crippen LogP contribution in [0.15, 0.2) is 22.7 Å². The molecule has 0 radical (unpaired) electrons. The molecule has 1 saturated heterocycles. The summed E-state index contributed by atoms with van der Waals surface area (Å²) < 4.78 is 6.75. The van der Waals surface area contributed by atoms with Gasteiger partial charge in [-0.1, -0.05) is 35.8 Å². The van der Waals surface area contributed by atoms with Crippen molar-refractivity contribution in [1.29, 1.82) is 0 Å². The SMILES string of the molecule is CCC(CC)(c1ccc(Br)cc1OC)N1CCN(C)CC1. The summed E-state index contributed by atoms with van der Waals surface area (Å²) in [6.07, 6.45) is 2.20. The van der Waals surface area contributed by atoms with E-state index in [9.17, 15) is 0 Å². The Morgan fingerprint density at radius 1 is 1.14 bits per heavy atom. The fraction of sp³-hybridized carbons (Fsp3) is 0.647. The molecular weight excluding hydrogens is 328 g/mol. The van der Waals surface area contributed by atoms with Crippen molar-refractivity contribution in [2.24, 2.45) is 0 Å². The molecule has 118 valence electrons. The maximum Gasteiger partial charge on any atom is 0.125 e. The van der Waals surface area contributed by atoms with Crippen molar-refractivity contribution in [2.75, 3.05) is 40.3 Å². The van der Waals surface area contributed by atoms with Crippen molar-refractivity contribution in [2.45, 2.75) is 32.2 Å². The molecule has 0 amide bonds. The van der Waals surface area contributed by atoms with Gasteiger partial charge in [0.25, 0.3) is 0 Å². The van der Waals surface area contributed by atoms with Crippen LogP contribution in [-0.4, -0.2) is 50.1 Å². The van der Waals surface area contributed by atoms with Gasteiger partial charge in [-0.15, -0.1) is 0 Å². The van der Waals surface area contributed by atoms with Crippen molar-refractivity contribution in [3.63, 3.8) is 0 Å². The third-order valence-corrected chi connectivity index (χ3v) is 5.44. The highest BCUT2D eigenvalue weighted by Gasteiger charge is 2.38. The molecule has 0 spiro atoms. The summed E-state index contributed by atoms with van der Waals surface area (Å²) in [5, 5.41) is 0. The van der Waals surface area contributed by atoms with Crippen molar-refractivity contribution in [3.8, 4) is 5.75 Å². The first-order valence-corrected chi connectivity index (χ1v) is 8.64. The van der Waals surface area contributed by atoms with Crippen LogP contribution in [0.5, 0.6) is 5.75 Å². The maximum absolute atomic E-state index is 5.68. The van der Waals surface area contributed by atoms with Crippen LogP contribution < -0.4 is 4.74 Å². The van der Waals surface area contributed by atoms with Crippen LogP contribution in [0.1, 0.15) is 32.3 Å². The van der Waals surface area contributed by atoms with Crippen molar-refractivity contribution < 1.29 is 4.74 Å². The number of hydrogen-bond acceptors (Lipinski definition) is 3. The van der Waals surface area contributed by atoms with Gasteiger partial charge in [-0.05, 0) is 32.0 Å². The Morgan fingerprint density at radius 2 is 1.76 bits per heavy atom. The lowest BCUT2D eigenvalue weighted by Crippen LogP contribution is -2.54. The Kier molecular flexibility index (Phi) is 5.69. The molecule has 0 saturated carbocycles. The van der Waals surface area contributed by atoms with E-state index < -0.39 is 0 Å². The first-order chi connectivity index (χ1) is 10.1. The molecule has 0 unspecified atom stereocenters. The van der Waals surface area contributed by atoms with Gasteiger partial charge < -0.3 is 9.64 Å². The number of ether oxygens (including phenoxy) is 1. The Balaban J connectivity index is 2.42. The molecule has 3 nitrogen and oxygen atoms in total. The standard InChI is InChI=1S/C17H27BrN2O/c1-5-17(6-2,20-11-9-19(3)10-12-20)15-8-7-14(18)13-16(15)21-4/h7-8,13H,5-6,9-12H2,1-4H3. The summed E-state index contributed by atoms with van der Waals surface area (Å²) in [5.74, 6) is 0.993. The molecule has 21 heavy (non-hydrogen) atoms. The molecule has 1 aliphatic rings. The lowest BCUT2D eigenvalue weighted by molar-refractivity contribution is 0.0287. The van der Waals surface area contributed by atoms with E-state index in [1.165, 1.54) is 5.56 Å². The van der Waals surface area contributed by atoms with Gasteiger partial charge in [-0.2, -0.15) is 0 Å². The normalized spacial score (nSPS) is 18.0. The number of halogens is 1. The van der Waals surface area contributed by atoms with E-state index in [1.54, 1.807) is 7.11 Å². The summed E-state index contributed by atoms with van der Waals surface area (Å²) in [5.41, 5.74) is 1.40. The number of rotatable bonds is 5. The molecule has 1 fully saturated rings. The molecule has 2 rings (SSSR count). The molecule has 1 heterocycles. The third-order valence-electron chi connectivity index (χ3n) is 4.94. The Labute approximate surface area is 137 Å². The monoisotopic (exact) mass is 354 g/mol. The molecular formula is C17H27BrN2O. The molecule has 1 aromatic carbocycles. The zero-order valence-electron chi connectivity index (χ0n) is 13.7. The first kappa shape index (κ1) is 16.8. The second kappa shape index (κ2) is 7.12. The zero-order valence-corrected chi connectivity index (χ0v) is 15.2. The minimum atomic E-state index is 0.0767. The van der Waals surface area contributed by atoms with Gasteiger partial charge in [-0.3, -0.25) is 4.90 Å². The maximum atomic E-state index is 5.68. The van der Waals surface area contributed by atoms with Crippen molar-refractivity contribution >= 4 is 15.9 Å². The van der Waals surface area contributed by atoms with Crippen LogP contribution in [0.3, 0.4) is 0 Å². The summed E-state index contributed by atoms with van der Waals surface area (Å²) in [4.78, 5) is 5.06. The van der Waals surface area contributed by atoms with Crippen LogP contribution in [0.2, 0.25) is 0 Å². The number of likely N-dealkylation sites (N-methyl/N-ethyl adjacent to an activating group) is 1. The second-order valence-corrected chi connectivity index (χ2v) is 6.79. The van der Waals surface area contributed by atoms with Crippen LogP contribution in [-0.2, 0) is 5.54 Å². The van der Waals surface area contributed by atoms with Gasteiger partial charge in [0.05, 0.1) is 7.11 Å². The number of piperazine rings is 1. The number of hydrogen-bond donors (Lipinski definition) is 0. The van der Waals surface area contributed by atoms with Crippen LogP contribution in [0.25, 0.3) is 0 Å². The fourth-order valence-corrected chi connectivity index (χ4v) is 3.87. The van der Waals surface area contributed by atoms with Gasteiger partial charge in [0.1, 0.15) is 5.75 Å². The van der Waals surface area contributed by atoms with E-state index in [-0.39, 0.29) is 5.54 Å².